The summed E-state index contributed by atoms with van der Waals surface area (Å²) in [6.45, 7) is 9.47. The van der Waals surface area contributed by atoms with Gasteiger partial charge >= 0.3 is 5.97 Å². The van der Waals surface area contributed by atoms with Crippen LogP contribution in [0.15, 0.2) is 23.5 Å². The summed E-state index contributed by atoms with van der Waals surface area (Å²) in [5.41, 5.74) is 2.35. The minimum atomic E-state index is -1.59. The third kappa shape index (κ3) is 9.28. The fourth-order valence-corrected chi connectivity index (χ4v) is 12.5. The Bertz CT molecular complexity index is 1750. The first-order valence-electron chi connectivity index (χ1n) is 24.1. The quantitative estimate of drug-likeness (QED) is 0.147. The molecule has 7 fully saturated rings. The predicted octanol–water partition coefficient (Wildman–Crippen LogP) is 1.86. The van der Waals surface area contributed by atoms with Gasteiger partial charge in [-0.25, -0.2) is 0 Å². The number of aliphatic hydroxyl groups is 5. The van der Waals surface area contributed by atoms with Crippen LogP contribution in [0.5, 0.6) is 0 Å². The number of rotatable bonds is 11. The Hall–Kier alpha value is -1.89. The van der Waals surface area contributed by atoms with Crippen molar-refractivity contribution in [2.24, 2.45) is 23.2 Å². The number of allylic oxidation sites excluding steroid dienone is 1. The first-order chi connectivity index (χ1) is 31.5. The molecule has 19 heteroatoms. The Kier molecular flexibility index (Phi) is 14.7. The van der Waals surface area contributed by atoms with Crippen molar-refractivity contribution in [2.45, 2.75) is 215 Å². The smallest absolute Gasteiger partial charge is 0.309 e. The van der Waals surface area contributed by atoms with Crippen molar-refractivity contribution in [3.8, 4) is 0 Å². The van der Waals surface area contributed by atoms with Crippen LogP contribution in [-0.2, 0) is 66.4 Å². The molecule has 9 aliphatic rings. The van der Waals surface area contributed by atoms with Gasteiger partial charge in [0, 0.05) is 40.4 Å². The molecule has 24 atom stereocenters. The van der Waals surface area contributed by atoms with E-state index in [0.717, 1.165) is 32.1 Å². The summed E-state index contributed by atoms with van der Waals surface area (Å²) in [5, 5.41) is 52.0. The van der Waals surface area contributed by atoms with Crippen LogP contribution in [0.4, 0.5) is 0 Å². The second-order valence-corrected chi connectivity index (χ2v) is 20.4. The average molecular weight is 941 g/mol. The maximum Gasteiger partial charge on any atom is 0.309 e. The molecule has 0 aromatic heterocycles. The predicted molar refractivity (Wildman–Crippen MR) is 225 cm³/mol. The number of carbonyl (C=O) groups is 1. The van der Waals surface area contributed by atoms with Crippen LogP contribution >= 0.6 is 0 Å². The van der Waals surface area contributed by atoms with Gasteiger partial charge in [0.05, 0.1) is 74.0 Å². The van der Waals surface area contributed by atoms with Crippen molar-refractivity contribution in [1.29, 1.82) is 0 Å². The van der Waals surface area contributed by atoms with E-state index in [4.69, 9.17) is 61.6 Å². The van der Waals surface area contributed by atoms with Crippen molar-refractivity contribution >= 4 is 5.97 Å². The average Bonchev–Trinajstić information content (AvgIpc) is 3.80. The fourth-order valence-electron chi connectivity index (χ4n) is 12.5. The van der Waals surface area contributed by atoms with Gasteiger partial charge in [0.25, 0.3) is 0 Å². The molecule has 0 aromatic rings. The highest BCUT2D eigenvalue weighted by atomic mass is 16.8. The lowest BCUT2D eigenvalue weighted by Gasteiger charge is -2.51. The fraction of sp³-hybridized carbons (Fsp3) is 0.894. The van der Waals surface area contributed by atoms with Crippen LogP contribution in [0, 0.1) is 23.2 Å². The standard InChI is InChI=1S/C47H72O19/c1-21-41(64-36-17-31(55-7)43(23(3)60-36)66-45-40(52)39(51)38(50)32(18-48)63-45)29(49)15-34(58-21)65-42-22(2)59-35(16-30(42)54-6)61-26-12-13-46(4)25(14-26)9-10-27-28(46)11-8-24-19-56-47(5)37(24)33(20-57-47)62-44(27)53/h9,19,21-23,26-43,45,48-52H,8,10-18,20H2,1-7H3/t21-,22-,23-,26+,27+,28+,29+,30-,31-,32-,33-,34+,35+,36-,37-,38-,39+,40-,41-,42-,43-,45+,46+,47+/m1/s1. The molecule has 9 rings (SSSR count). The maximum atomic E-state index is 13.8. The second kappa shape index (κ2) is 19.7. The molecule has 7 heterocycles. The number of fused-ring (bicyclic) bond motifs is 3. The SMILES string of the molecule is CO[C@@H]1C[C@H](O[C@H]2CC[C@@]3(C)C(=CC[C@@H]4C(=O)O[C@@H]5CO[C@]6(C)OC=C(CC[C@@H]43)[C@H]56)C2)O[C@H](C)[C@H]1O[C@H]1C[C@H](O)[C@H](O[C@@H]2C[C@@H](OC)[C@H](O[C@@H]3O[C@H](CO)[C@@H](O)[C@H](O)[C@H]3O)[C@@H](C)O2)[C@@H](C)O1. The summed E-state index contributed by atoms with van der Waals surface area (Å²) in [5.74, 6) is -1.03. The van der Waals surface area contributed by atoms with Crippen molar-refractivity contribution < 1.29 is 91.9 Å². The zero-order chi connectivity index (χ0) is 46.8. The van der Waals surface area contributed by atoms with E-state index in [1.54, 1.807) is 21.0 Å². The molecule has 0 spiro atoms. The molecule has 6 saturated heterocycles. The van der Waals surface area contributed by atoms with E-state index in [0.29, 0.717) is 19.4 Å². The number of esters is 1. The van der Waals surface area contributed by atoms with E-state index in [2.05, 4.69) is 13.0 Å². The maximum absolute atomic E-state index is 13.8. The number of aliphatic hydroxyl groups excluding tert-OH is 5. The van der Waals surface area contributed by atoms with Crippen molar-refractivity contribution in [2.75, 3.05) is 27.4 Å². The minimum absolute atomic E-state index is 0.0646. The summed E-state index contributed by atoms with van der Waals surface area (Å²) in [6, 6.07) is 0. The van der Waals surface area contributed by atoms with Crippen LogP contribution in [0.1, 0.15) is 92.4 Å². The number of hydrogen-bond acceptors (Lipinski definition) is 19. The molecular weight excluding hydrogens is 868 g/mol. The van der Waals surface area contributed by atoms with E-state index in [-0.39, 0.29) is 60.3 Å². The zero-order valence-corrected chi connectivity index (χ0v) is 39.1. The number of methoxy groups -OCH3 is 2. The van der Waals surface area contributed by atoms with E-state index in [9.17, 15) is 30.3 Å². The van der Waals surface area contributed by atoms with Gasteiger partial charge in [-0.3, -0.25) is 4.79 Å². The highest BCUT2D eigenvalue weighted by Gasteiger charge is 2.58. The molecular formula is C47H72O19. The van der Waals surface area contributed by atoms with Gasteiger partial charge in [0.15, 0.2) is 25.2 Å². The van der Waals surface area contributed by atoms with Crippen LogP contribution in [-0.4, -0.2) is 181 Å². The Morgan fingerprint density at radius 1 is 0.773 bits per heavy atom. The van der Waals surface area contributed by atoms with Crippen molar-refractivity contribution in [1.82, 2.24) is 0 Å². The highest BCUT2D eigenvalue weighted by molar-refractivity contribution is 5.74. The molecule has 0 unspecified atom stereocenters. The number of ether oxygens (including phenoxy) is 13. The number of hydrogen-bond donors (Lipinski definition) is 5. The Morgan fingerprint density at radius 3 is 2.08 bits per heavy atom. The normalized spacial score (nSPS) is 51.7. The molecule has 66 heavy (non-hydrogen) atoms. The van der Waals surface area contributed by atoms with Crippen molar-refractivity contribution in [3.05, 3.63) is 23.5 Å². The van der Waals surface area contributed by atoms with E-state index < -0.39 is 111 Å². The van der Waals surface area contributed by atoms with Crippen LogP contribution in [0.2, 0.25) is 0 Å². The van der Waals surface area contributed by atoms with Crippen LogP contribution < -0.4 is 0 Å². The lowest BCUT2D eigenvalue weighted by molar-refractivity contribution is -0.356. The topological polar surface area (TPSA) is 238 Å². The first-order valence-corrected chi connectivity index (χ1v) is 24.1. The van der Waals surface area contributed by atoms with E-state index >= 15 is 0 Å². The van der Waals surface area contributed by atoms with E-state index in [1.807, 2.05) is 20.1 Å². The van der Waals surface area contributed by atoms with Gasteiger partial charge in [0.1, 0.15) is 48.8 Å². The van der Waals surface area contributed by atoms with Gasteiger partial charge in [-0.2, -0.15) is 0 Å². The third-order valence-electron chi connectivity index (χ3n) is 16.3. The van der Waals surface area contributed by atoms with E-state index in [1.165, 1.54) is 18.3 Å². The lowest BCUT2D eigenvalue weighted by atomic mass is 9.55. The molecule has 0 bridgehead atoms. The van der Waals surface area contributed by atoms with Gasteiger partial charge < -0.3 is 87.1 Å². The van der Waals surface area contributed by atoms with Gasteiger partial charge in [-0.15, -0.1) is 0 Å². The number of carbonyl (C=O) groups excluding carboxylic acids is 1. The lowest BCUT2D eigenvalue weighted by Crippen LogP contribution is -2.62. The Balaban J connectivity index is 0.757. The van der Waals surface area contributed by atoms with Crippen molar-refractivity contribution in [3.63, 3.8) is 0 Å². The monoisotopic (exact) mass is 940 g/mol. The molecule has 5 N–H and O–H groups in total. The Labute approximate surface area is 386 Å². The summed E-state index contributed by atoms with van der Waals surface area (Å²) in [6.07, 6.45) is -5.73. The molecule has 0 amide bonds. The Morgan fingerprint density at radius 2 is 1.41 bits per heavy atom. The van der Waals surface area contributed by atoms with Gasteiger partial charge in [0.2, 0.25) is 5.79 Å². The summed E-state index contributed by atoms with van der Waals surface area (Å²) in [4.78, 5) is 13.8. The summed E-state index contributed by atoms with van der Waals surface area (Å²) >= 11 is 0. The van der Waals surface area contributed by atoms with Gasteiger partial charge in [-0.05, 0) is 76.2 Å². The van der Waals surface area contributed by atoms with Gasteiger partial charge in [-0.1, -0.05) is 18.6 Å². The van der Waals surface area contributed by atoms with Crippen LogP contribution in [0.25, 0.3) is 0 Å². The molecule has 0 radical (unpaired) electrons. The second-order valence-electron chi connectivity index (χ2n) is 20.4. The highest BCUT2D eigenvalue weighted by Crippen LogP contribution is 2.57. The molecule has 0 aromatic carbocycles. The molecule has 7 aliphatic heterocycles. The molecule has 19 nitrogen and oxygen atoms in total. The first kappa shape index (κ1) is 49.1. The zero-order valence-electron chi connectivity index (χ0n) is 39.1. The summed E-state index contributed by atoms with van der Waals surface area (Å²) in [7, 11) is 3.14. The molecule has 1 saturated carbocycles. The third-order valence-corrected chi connectivity index (χ3v) is 16.3. The minimum Gasteiger partial charge on any atom is -0.469 e. The van der Waals surface area contributed by atoms with Crippen LogP contribution in [0.3, 0.4) is 0 Å². The largest absolute Gasteiger partial charge is 0.469 e. The molecule has 374 valence electrons. The summed E-state index contributed by atoms with van der Waals surface area (Å²) < 4.78 is 79.9. The molecule has 2 aliphatic carbocycles.